The standard InChI is InChI=1S/C22H23NO4.C18H15NO3.C5H12O2.CH2O3.2Na.H/c1-22(2,14-24)15-27-21(25)19(13-23)20(16-7-5-4-6-8-16)17-9-11-18(26-3)12-10-17;1-21-15-10-8-14(9-11-15)17(13-6-4-3-5-7-13)16(12-19)18(20)22-2;1-5(2,3-6)4-7;2-1-4-3;;;/h4-12,24H,14-15H2,1-3H3;3-11H,1-2H3;6-7H,3-4H2,1-2H3;1,3H;;;/q;;;;2*+1;-1/p-1/b20-19+;17-16+;;;;;. The number of nitriles is 2. The molecule has 0 heterocycles. The quantitative estimate of drug-likeness (QED) is 0.0272. The first-order chi connectivity index (χ1) is 28.7. The fraction of sp³-hybridized carbons (Fsp3) is 0.283. The maximum absolute atomic E-state index is 12.6. The third kappa shape index (κ3) is 20.4. The molecule has 0 spiro atoms. The zero-order valence-corrected chi connectivity index (χ0v) is 40.7. The van der Waals surface area contributed by atoms with Crippen LogP contribution in [0.4, 0.5) is 0 Å². The molecule has 14 nitrogen and oxygen atoms in total. The number of benzene rings is 4. The summed E-state index contributed by atoms with van der Waals surface area (Å²) in [6.45, 7) is 6.94. The minimum absolute atomic E-state index is 0. The van der Waals surface area contributed by atoms with E-state index < -0.39 is 17.4 Å². The molecule has 0 aliphatic carbocycles. The van der Waals surface area contributed by atoms with Gasteiger partial charge in [0.1, 0.15) is 34.8 Å². The summed E-state index contributed by atoms with van der Waals surface area (Å²) >= 11 is 0. The van der Waals surface area contributed by atoms with Crippen molar-refractivity contribution in [3.05, 3.63) is 143 Å². The first-order valence-electron chi connectivity index (χ1n) is 18.2. The van der Waals surface area contributed by atoms with Gasteiger partial charge in [-0.05, 0) is 46.5 Å². The number of methoxy groups -OCH3 is 3. The molecule has 62 heavy (non-hydrogen) atoms. The van der Waals surface area contributed by atoms with Crippen molar-refractivity contribution >= 4 is 29.6 Å². The molecular formula is C46H52N2Na2O12. The molecule has 4 aromatic carbocycles. The molecule has 0 aliphatic rings. The van der Waals surface area contributed by atoms with E-state index in [2.05, 4.69) is 4.89 Å². The van der Waals surface area contributed by atoms with E-state index in [1.54, 1.807) is 90.4 Å². The monoisotopic (exact) mass is 870 g/mol. The van der Waals surface area contributed by atoms with Crippen molar-refractivity contribution in [3.8, 4) is 23.6 Å². The molecule has 3 N–H and O–H groups in total. The molecule has 4 rings (SSSR count). The van der Waals surface area contributed by atoms with Gasteiger partial charge in [-0.25, -0.2) is 9.59 Å². The predicted octanol–water partition coefficient (Wildman–Crippen LogP) is -0.672. The molecule has 0 fully saturated rings. The van der Waals surface area contributed by atoms with Crippen molar-refractivity contribution < 1.29 is 119 Å². The normalized spacial score (nSPS) is 10.9. The Morgan fingerprint density at radius 3 is 1.19 bits per heavy atom. The molecule has 320 valence electrons. The Morgan fingerprint density at radius 2 is 0.935 bits per heavy atom. The third-order valence-electron chi connectivity index (χ3n) is 8.12. The summed E-state index contributed by atoms with van der Waals surface area (Å²) < 4.78 is 20.4. The van der Waals surface area contributed by atoms with E-state index in [0.29, 0.717) is 28.2 Å². The van der Waals surface area contributed by atoms with Crippen LogP contribution in [-0.4, -0.2) is 81.5 Å². The van der Waals surface area contributed by atoms with Gasteiger partial charge in [0.05, 0.1) is 47.8 Å². The fourth-order valence-electron chi connectivity index (χ4n) is 4.57. The molecule has 16 heteroatoms. The minimum atomic E-state index is -0.714. The summed E-state index contributed by atoms with van der Waals surface area (Å²) in [5.74, 6) is 0.00976. The SMILES string of the molecule is CC(C)(CO)CO.COC(=O)/C(C#N)=C(\c1ccccc1)c1ccc(OC)cc1.COc1ccc(/C(=C(\C#N)C(=O)OCC(C)(C)CO)c2ccccc2)cc1.O=CO[O-].[H-].[Na+].[Na+]. The number of ether oxygens (including phenoxy) is 4. The topological polar surface area (TPSA) is 229 Å². The summed E-state index contributed by atoms with van der Waals surface area (Å²) in [4.78, 5) is 35.8. The molecule has 0 bridgehead atoms. The second-order valence-electron chi connectivity index (χ2n) is 14.0. The number of rotatable bonds is 14. The molecule has 0 aromatic heterocycles. The Labute approximate surface area is 409 Å². The first-order valence-corrected chi connectivity index (χ1v) is 18.2. The zero-order valence-electron chi connectivity index (χ0n) is 37.7. The Kier molecular flexibility index (Phi) is 30.5. The second-order valence-corrected chi connectivity index (χ2v) is 14.0. The smallest absolute Gasteiger partial charge is 1.00 e. The van der Waals surface area contributed by atoms with Gasteiger partial charge in [0.2, 0.25) is 0 Å². The fourth-order valence-corrected chi connectivity index (χ4v) is 4.57. The van der Waals surface area contributed by atoms with Crippen LogP contribution in [0.5, 0.6) is 11.5 Å². The maximum Gasteiger partial charge on any atom is 1.00 e. The van der Waals surface area contributed by atoms with Crippen LogP contribution in [0.15, 0.2) is 120 Å². The Balaban J connectivity index is -0.000000898. The van der Waals surface area contributed by atoms with Gasteiger partial charge in [-0.3, -0.25) is 4.79 Å². The number of carbonyl (C=O) groups excluding carboxylic acids is 3. The molecule has 0 unspecified atom stereocenters. The molecular weight excluding hydrogens is 818 g/mol. The van der Waals surface area contributed by atoms with Crippen LogP contribution in [0.1, 0.15) is 51.4 Å². The van der Waals surface area contributed by atoms with Crippen LogP contribution in [0.2, 0.25) is 0 Å². The average molecular weight is 871 g/mol. The Bertz CT molecular complexity index is 2080. The van der Waals surface area contributed by atoms with E-state index >= 15 is 0 Å². The molecule has 0 atom stereocenters. The van der Waals surface area contributed by atoms with E-state index in [0.717, 1.165) is 16.7 Å². The maximum atomic E-state index is 12.6. The van der Waals surface area contributed by atoms with Crippen LogP contribution < -0.4 is 73.8 Å². The van der Waals surface area contributed by atoms with Crippen molar-refractivity contribution in [1.82, 2.24) is 0 Å². The van der Waals surface area contributed by atoms with E-state index in [9.17, 15) is 25.2 Å². The number of aliphatic hydroxyl groups excluding tert-OH is 3. The van der Waals surface area contributed by atoms with Gasteiger partial charge < -0.3 is 45.8 Å². The summed E-state index contributed by atoms with van der Waals surface area (Å²) in [7, 11) is 4.42. The molecule has 4 aromatic rings. The molecule has 0 radical (unpaired) electrons. The van der Waals surface area contributed by atoms with Gasteiger partial charge in [-0.2, -0.15) is 10.5 Å². The van der Waals surface area contributed by atoms with Gasteiger partial charge in [0.15, 0.2) is 0 Å². The average Bonchev–Trinajstić information content (AvgIpc) is 3.30. The largest absolute Gasteiger partial charge is 1.00 e. The molecule has 0 amide bonds. The molecule has 0 saturated carbocycles. The van der Waals surface area contributed by atoms with Crippen LogP contribution in [-0.2, 0) is 28.7 Å². The van der Waals surface area contributed by atoms with Gasteiger partial charge >= 0.3 is 71.1 Å². The van der Waals surface area contributed by atoms with E-state index in [1.165, 1.54) is 7.11 Å². The van der Waals surface area contributed by atoms with Crippen LogP contribution in [0.3, 0.4) is 0 Å². The first kappa shape index (κ1) is 59.3. The Hall–Kier alpha value is -4.81. The minimum Gasteiger partial charge on any atom is -1.00 e. The van der Waals surface area contributed by atoms with E-state index in [1.807, 2.05) is 72.8 Å². The summed E-state index contributed by atoms with van der Waals surface area (Å²) in [5.41, 5.74) is 2.99. The summed E-state index contributed by atoms with van der Waals surface area (Å²) in [5, 5.41) is 53.7. The summed E-state index contributed by atoms with van der Waals surface area (Å²) in [6, 6.07) is 36.7. The van der Waals surface area contributed by atoms with Crippen LogP contribution >= 0.6 is 0 Å². The van der Waals surface area contributed by atoms with Crippen LogP contribution in [0, 0.1) is 33.5 Å². The number of aliphatic hydroxyl groups is 3. The number of esters is 2. The van der Waals surface area contributed by atoms with E-state index in [4.69, 9.17) is 39.2 Å². The Morgan fingerprint density at radius 1 is 0.613 bits per heavy atom. The van der Waals surface area contributed by atoms with Crippen LogP contribution in [0.25, 0.3) is 11.1 Å². The van der Waals surface area contributed by atoms with Crippen molar-refractivity contribution in [3.63, 3.8) is 0 Å². The number of hydrogen-bond donors (Lipinski definition) is 3. The van der Waals surface area contributed by atoms with Crippen molar-refractivity contribution in [2.24, 2.45) is 10.8 Å². The van der Waals surface area contributed by atoms with Gasteiger partial charge in [0, 0.05) is 22.0 Å². The number of hydrogen-bond acceptors (Lipinski definition) is 14. The van der Waals surface area contributed by atoms with Gasteiger partial charge in [-0.15, -0.1) is 0 Å². The van der Waals surface area contributed by atoms with Gasteiger partial charge in [0.25, 0.3) is 6.47 Å². The molecule has 0 aliphatic heterocycles. The summed E-state index contributed by atoms with van der Waals surface area (Å²) in [6.07, 6.45) is 0. The molecule has 0 saturated heterocycles. The van der Waals surface area contributed by atoms with Crippen molar-refractivity contribution in [2.75, 3.05) is 47.8 Å². The second kappa shape index (κ2) is 32.0. The zero-order chi connectivity index (χ0) is 45.1. The third-order valence-corrected chi connectivity index (χ3v) is 8.12. The van der Waals surface area contributed by atoms with E-state index in [-0.39, 0.29) is 110 Å². The van der Waals surface area contributed by atoms with Crippen molar-refractivity contribution in [1.29, 1.82) is 10.5 Å². The number of carbonyl (C=O) groups is 3. The number of nitrogens with zero attached hydrogens (tertiary/aromatic N) is 2. The predicted molar refractivity (Wildman–Crippen MR) is 222 cm³/mol. The van der Waals surface area contributed by atoms with Crippen molar-refractivity contribution in [2.45, 2.75) is 27.7 Å². The van der Waals surface area contributed by atoms with Gasteiger partial charge in [-0.1, -0.05) is 113 Å².